The molecular weight excluding hydrogens is 460 g/mol. The summed E-state index contributed by atoms with van der Waals surface area (Å²) in [5, 5.41) is 7.33. The average Bonchev–Trinajstić information content (AvgIpc) is 2.94. The first-order valence-corrected chi connectivity index (χ1v) is 12.8. The summed E-state index contributed by atoms with van der Waals surface area (Å²) < 4.78 is 0. The molecule has 0 saturated heterocycles. The zero-order chi connectivity index (χ0) is 26.2. The summed E-state index contributed by atoms with van der Waals surface area (Å²) in [6, 6.07) is 34.2. The highest BCUT2D eigenvalue weighted by molar-refractivity contribution is 6.24. The smallest absolute Gasteiger partial charge is 0.0361 e. The molecule has 2 nitrogen and oxygen atoms in total. The highest BCUT2D eigenvalue weighted by Gasteiger charge is 2.12. The van der Waals surface area contributed by atoms with Gasteiger partial charge in [-0.1, -0.05) is 60.1 Å². The predicted molar refractivity (Wildman–Crippen MR) is 164 cm³/mol. The van der Waals surface area contributed by atoms with E-state index in [1.165, 1.54) is 43.7 Å². The molecule has 38 heavy (non-hydrogen) atoms. The number of anilines is 2. The molecule has 0 atom stereocenters. The maximum Gasteiger partial charge on any atom is 0.0361 e. The van der Waals surface area contributed by atoms with E-state index in [9.17, 15) is 0 Å². The van der Waals surface area contributed by atoms with Crippen LogP contribution in [0.2, 0.25) is 0 Å². The van der Waals surface area contributed by atoms with Crippen LogP contribution in [-0.2, 0) is 0 Å². The topological polar surface area (TPSA) is 6.48 Å². The first-order valence-electron chi connectivity index (χ1n) is 12.8. The minimum Gasteiger partial charge on any atom is -0.378 e. The van der Waals surface area contributed by atoms with Crippen molar-refractivity contribution in [1.82, 2.24) is 0 Å². The van der Waals surface area contributed by atoms with Crippen molar-refractivity contribution in [2.45, 2.75) is 0 Å². The van der Waals surface area contributed by atoms with Crippen molar-refractivity contribution in [3.63, 3.8) is 0 Å². The molecule has 2 heteroatoms. The fourth-order valence-corrected chi connectivity index (χ4v) is 4.98. The Labute approximate surface area is 224 Å². The maximum absolute atomic E-state index is 3.44. The van der Waals surface area contributed by atoms with E-state index in [-0.39, 0.29) is 0 Å². The molecule has 0 heterocycles. The molecule has 0 amide bonds. The van der Waals surface area contributed by atoms with E-state index in [0.29, 0.717) is 0 Å². The first-order chi connectivity index (χ1) is 18.5. The summed E-state index contributed by atoms with van der Waals surface area (Å²) >= 11 is 0. The minimum atomic E-state index is 1.01. The molecule has 0 bridgehead atoms. The highest BCUT2D eigenvalue weighted by atomic mass is 15.1. The molecular formula is C36H28N2. The third kappa shape index (κ3) is 4.28. The minimum absolute atomic E-state index is 1.01. The molecule has 6 rings (SSSR count). The van der Waals surface area contributed by atoms with Gasteiger partial charge in [0.2, 0.25) is 0 Å². The summed E-state index contributed by atoms with van der Waals surface area (Å²) in [5.74, 6) is 13.6. The summed E-state index contributed by atoms with van der Waals surface area (Å²) in [6.45, 7) is 0. The Hall–Kier alpha value is -4.92. The quantitative estimate of drug-likeness (QED) is 0.184. The Kier molecular flexibility index (Phi) is 5.88. The maximum atomic E-state index is 3.44. The van der Waals surface area contributed by atoms with Gasteiger partial charge in [-0.25, -0.2) is 0 Å². The highest BCUT2D eigenvalue weighted by Crippen LogP contribution is 2.37. The van der Waals surface area contributed by atoms with Crippen LogP contribution in [0.3, 0.4) is 0 Å². The van der Waals surface area contributed by atoms with Crippen molar-refractivity contribution < 1.29 is 0 Å². The van der Waals surface area contributed by atoms with E-state index >= 15 is 0 Å². The Bertz CT molecular complexity index is 1760. The Morgan fingerprint density at radius 3 is 1.13 bits per heavy atom. The summed E-state index contributed by atoms with van der Waals surface area (Å²) in [7, 11) is 8.19. The summed E-state index contributed by atoms with van der Waals surface area (Å²) in [4.78, 5) is 4.19. The van der Waals surface area contributed by atoms with E-state index in [1.807, 2.05) is 28.2 Å². The molecule has 0 fully saturated rings. The van der Waals surface area contributed by atoms with Crippen molar-refractivity contribution >= 4 is 43.7 Å². The number of hydrogen-bond acceptors (Lipinski definition) is 2. The SMILES string of the molecule is CN(C)c1ccc(C#Cc2ccc3ccc4c(C#Cc5ccc(N(C)C)cc5)ccc5ccc2c3c54)cc1. The molecule has 0 saturated carbocycles. The monoisotopic (exact) mass is 488 g/mol. The lowest BCUT2D eigenvalue weighted by molar-refractivity contribution is 1.13. The molecule has 0 aliphatic heterocycles. The van der Waals surface area contributed by atoms with Crippen LogP contribution in [0.25, 0.3) is 32.3 Å². The Morgan fingerprint density at radius 2 is 0.763 bits per heavy atom. The molecule has 182 valence electrons. The van der Waals surface area contributed by atoms with Gasteiger partial charge >= 0.3 is 0 Å². The molecule has 0 aliphatic carbocycles. The third-order valence-corrected chi connectivity index (χ3v) is 7.12. The molecule has 0 unspecified atom stereocenters. The van der Waals surface area contributed by atoms with Gasteiger partial charge in [-0.05, 0) is 93.0 Å². The average molecular weight is 489 g/mol. The van der Waals surface area contributed by atoms with Crippen LogP contribution in [0.15, 0.2) is 97.1 Å². The Morgan fingerprint density at radius 1 is 0.395 bits per heavy atom. The molecule has 6 aromatic carbocycles. The van der Waals surface area contributed by atoms with Crippen molar-refractivity contribution in [3.05, 3.63) is 119 Å². The Balaban J connectivity index is 1.44. The lowest BCUT2D eigenvalue weighted by atomic mass is 9.90. The third-order valence-electron chi connectivity index (χ3n) is 7.12. The van der Waals surface area contributed by atoms with E-state index in [0.717, 1.165) is 22.3 Å². The van der Waals surface area contributed by atoms with Crippen molar-refractivity contribution in [1.29, 1.82) is 0 Å². The molecule has 0 N–H and O–H groups in total. The van der Waals surface area contributed by atoms with Gasteiger partial charge < -0.3 is 9.80 Å². The van der Waals surface area contributed by atoms with Crippen LogP contribution in [0.4, 0.5) is 11.4 Å². The van der Waals surface area contributed by atoms with Crippen molar-refractivity contribution in [2.24, 2.45) is 0 Å². The van der Waals surface area contributed by atoms with Crippen molar-refractivity contribution in [2.75, 3.05) is 38.0 Å². The van der Waals surface area contributed by atoms with E-state index in [4.69, 9.17) is 0 Å². The number of rotatable bonds is 2. The van der Waals surface area contributed by atoms with E-state index in [2.05, 4.69) is 131 Å². The van der Waals surface area contributed by atoms with Crippen LogP contribution in [0.1, 0.15) is 22.3 Å². The fraction of sp³-hybridized carbons (Fsp3) is 0.111. The second-order valence-corrected chi connectivity index (χ2v) is 10.0. The van der Waals surface area contributed by atoms with Crippen LogP contribution >= 0.6 is 0 Å². The van der Waals surface area contributed by atoms with Crippen LogP contribution < -0.4 is 9.80 Å². The van der Waals surface area contributed by atoms with Gasteiger partial charge in [-0.3, -0.25) is 0 Å². The zero-order valence-electron chi connectivity index (χ0n) is 22.1. The standard InChI is InChI=1S/C36H28N2/c1-37(2)31-19-7-25(8-20-31)5-11-27-13-15-29-18-24-34-28(12-6-26-9-21-32(22-10-26)38(3)4)14-16-30-17-23-33(27)35(29)36(30)34/h7-10,13-24H,1-4H3. The van der Waals surface area contributed by atoms with Gasteiger partial charge in [0.1, 0.15) is 0 Å². The normalized spacial score (nSPS) is 10.7. The van der Waals surface area contributed by atoms with E-state index < -0.39 is 0 Å². The van der Waals surface area contributed by atoms with Gasteiger partial charge in [-0.15, -0.1) is 0 Å². The van der Waals surface area contributed by atoms with Gasteiger partial charge in [0.15, 0.2) is 0 Å². The second-order valence-electron chi connectivity index (χ2n) is 10.0. The largest absolute Gasteiger partial charge is 0.378 e. The zero-order valence-corrected chi connectivity index (χ0v) is 22.1. The number of hydrogen-bond donors (Lipinski definition) is 0. The van der Waals surface area contributed by atoms with Crippen LogP contribution in [0.5, 0.6) is 0 Å². The number of nitrogens with zero attached hydrogens (tertiary/aromatic N) is 2. The molecule has 0 aromatic heterocycles. The fourth-order valence-electron chi connectivity index (χ4n) is 4.98. The van der Waals surface area contributed by atoms with Gasteiger partial charge in [0.25, 0.3) is 0 Å². The van der Waals surface area contributed by atoms with Gasteiger partial charge in [0.05, 0.1) is 0 Å². The molecule has 6 aromatic rings. The molecule has 0 spiro atoms. The predicted octanol–water partition coefficient (Wildman–Crippen LogP) is 7.52. The van der Waals surface area contributed by atoms with Gasteiger partial charge in [0, 0.05) is 61.8 Å². The lowest BCUT2D eigenvalue weighted by Gasteiger charge is -2.13. The first kappa shape index (κ1) is 23.5. The number of benzene rings is 6. The van der Waals surface area contributed by atoms with Crippen molar-refractivity contribution in [3.8, 4) is 23.7 Å². The second kappa shape index (κ2) is 9.51. The van der Waals surface area contributed by atoms with Crippen LogP contribution in [0, 0.1) is 23.7 Å². The van der Waals surface area contributed by atoms with Gasteiger partial charge in [-0.2, -0.15) is 0 Å². The summed E-state index contributed by atoms with van der Waals surface area (Å²) in [6.07, 6.45) is 0. The molecule has 0 aliphatic rings. The van der Waals surface area contributed by atoms with E-state index in [1.54, 1.807) is 0 Å². The molecule has 0 radical (unpaired) electrons. The van der Waals surface area contributed by atoms with Crippen LogP contribution in [-0.4, -0.2) is 28.2 Å². The lowest BCUT2D eigenvalue weighted by Crippen LogP contribution is -2.07. The summed E-state index contributed by atoms with van der Waals surface area (Å²) in [5.41, 5.74) is 6.45.